The van der Waals surface area contributed by atoms with Gasteiger partial charge in [0.05, 0.1) is 0 Å². The van der Waals surface area contributed by atoms with E-state index in [-0.39, 0.29) is 0 Å². The summed E-state index contributed by atoms with van der Waals surface area (Å²) in [4.78, 5) is 0. The molecular weight excluding hydrogens is 399 g/mol. The molecule has 0 atom stereocenters. The second-order valence-electron chi connectivity index (χ2n) is 3.39. The number of hydrogen-bond donors (Lipinski definition) is 0. The number of hydrogen-bond acceptors (Lipinski definition) is 0. The standard InChI is InChI=1S/C6Cl2F12Si/c7-21(8,2(11)1(9)10)3(4(12,13)14,5(15,16)17)6(18,19)20. The summed E-state index contributed by atoms with van der Waals surface area (Å²) in [6, 6.07) is 0. The van der Waals surface area contributed by atoms with E-state index in [0.29, 0.717) is 0 Å². The largest absolute Gasteiger partial charge is 0.412 e. The lowest BCUT2D eigenvalue weighted by Crippen LogP contribution is -2.65. The maximum atomic E-state index is 12.8. The summed E-state index contributed by atoms with van der Waals surface area (Å²) in [5, 5.41) is -7.03. The van der Waals surface area contributed by atoms with Crippen LogP contribution < -0.4 is 0 Å². The van der Waals surface area contributed by atoms with Gasteiger partial charge >= 0.3 is 25.2 Å². The Morgan fingerprint density at radius 3 is 1.00 bits per heavy atom. The van der Waals surface area contributed by atoms with Gasteiger partial charge in [-0.05, 0) is 0 Å². The molecule has 0 saturated carbocycles. The Hall–Kier alpha value is -0.303. The third kappa shape index (κ3) is 2.95. The molecule has 0 spiro atoms. The highest BCUT2D eigenvalue weighted by Crippen LogP contribution is 2.73. The lowest BCUT2D eigenvalue weighted by Gasteiger charge is -2.43. The Balaban J connectivity index is 6.97. The third-order valence-corrected chi connectivity index (χ3v) is 7.42. The van der Waals surface area contributed by atoms with Crippen LogP contribution in [0.5, 0.6) is 0 Å². The highest BCUT2D eigenvalue weighted by atomic mass is 35.7. The topological polar surface area (TPSA) is 0 Å². The summed E-state index contributed by atoms with van der Waals surface area (Å²) in [5.74, 6) is 0. The molecule has 0 nitrogen and oxygen atoms in total. The molecule has 0 aliphatic heterocycles. The van der Waals surface area contributed by atoms with Crippen molar-refractivity contribution in [2.45, 2.75) is 23.6 Å². The van der Waals surface area contributed by atoms with E-state index in [2.05, 4.69) is 22.2 Å². The first-order valence-electron chi connectivity index (χ1n) is 4.15. The van der Waals surface area contributed by atoms with Crippen LogP contribution in [0, 0.1) is 0 Å². The first kappa shape index (κ1) is 20.7. The fourth-order valence-electron chi connectivity index (χ4n) is 1.30. The number of rotatable bonds is 2. The fourth-order valence-corrected chi connectivity index (χ4v) is 5.29. The zero-order valence-corrected chi connectivity index (χ0v) is 11.3. The van der Waals surface area contributed by atoms with Crippen LogP contribution in [0.25, 0.3) is 0 Å². The van der Waals surface area contributed by atoms with Crippen molar-refractivity contribution >= 4 is 28.9 Å². The van der Waals surface area contributed by atoms with E-state index in [1.165, 1.54) is 0 Å². The zero-order chi connectivity index (χ0) is 17.7. The van der Waals surface area contributed by atoms with Gasteiger partial charge in [-0.2, -0.15) is 48.3 Å². The van der Waals surface area contributed by atoms with E-state index in [1.54, 1.807) is 0 Å². The second kappa shape index (κ2) is 5.40. The van der Waals surface area contributed by atoms with Gasteiger partial charge in [0.25, 0.3) is 11.1 Å². The average Bonchev–Trinajstić information content (AvgIpc) is 2.07. The van der Waals surface area contributed by atoms with Gasteiger partial charge in [0.1, 0.15) is 0 Å². The molecule has 0 radical (unpaired) electrons. The first-order chi connectivity index (χ1) is 8.85. The van der Waals surface area contributed by atoms with E-state index in [0.717, 1.165) is 0 Å². The smallest absolute Gasteiger partial charge is 0.208 e. The Morgan fingerprint density at radius 2 is 0.857 bits per heavy atom. The SMILES string of the molecule is FC(F)=C(F)[Si](Cl)(Cl)C(C(F)(F)F)(C(F)(F)F)C(F)(F)F. The molecule has 0 N–H and O–H groups in total. The Bertz CT molecular complexity index is 388. The predicted octanol–water partition coefficient (Wildman–Crippen LogP) is 5.95. The van der Waals surface area contributed by atoms with Crippen LogP contribution in [0.2, 0.25) is 5.04 Å². The van der Waals surface area contributed by atoms with Crippen molar-refractivity contribution in [3.05, 3.63) is 11.5 Å². The Morgan fingerprint density at radius 1 is 0.619 bits per heavy atom. The minimum atomic E-state index is -7.52. The van der Waals surface area contributed by atoms with Gasteiger partial charge in [-0.3, -0.25) is 0 Å². The van der Waals surface area contributed by atoms with E-state index in [9.17, 15) is 52.7 Å². The quantitative estimate of drug-likeness (QED) is 0.306. The van der Waals surface area contributed by atoms with Crippen molar-refractivity contribution < 1.29 is 52.7 Å². The molecule has 0 bridgehead atoms. The maximum absolute atomic E-state index is 12.8. The van der Waals surface area contributed by atoms with Crippen LogP contribution in [0.4, 0.5) is 52.7 Å². The Kier molecular flexibility index (Phi) is 5.33. The normalized spacial score (nSPS) is 15.1. The summed E-state index contributed by atoms with van der Waals surface area (Å²) in [5.41, 5.74) is -3.78. The fraction of sp³-hybridized carbons (Fsp3) is 0.667. The van der Waals surface area contributed by atoms with Crippen molar-refractivity contribution in [2.75, 3.05) is 0 Å². The van der Waals surface area contributed by atoms with Crippen LogP contribution in [-0.2, 0) is 0 Å². The molecule has 0 unspecified atom stereocenters. The van der Waals surface area contributed by atoms with Crippen molar-refractivity contribution in [3.63, 3.8) is 0 Å². The van der Waals surface area contributed by atoms with Crippen molar-refractivity contribution in [1.29, 1.82) is 0 Å². The van der Waals surface area contributed by atoms with E-state index in [4.69, 9.17) is 0 Å². The van der Waals surface area contributed by atoms with Gasteiger partial charge in [0.15, 0.2) is 5.45 Å². The summed E-state index contributed by atoms with van der Waals surface area (Å²) in [6.45, 7) is -7.52. The Labute approximate surface area is 117 Å². The first-order valence-corrected chi connectivity index (χ1v) is 8.17. The van der Waals surface area contributed by atoms with Gasteiger partial charge in [-0.1, -0.05) is 0 Å². The van der Waals surface area contributed by atoms with Crippen LogP contribution in [0.3, 0.4) is 0 Å². The average molecular weight is 399 g/mol. The van der Waals surface area contributed by atoms with Gasteiger partial charge in [0.2, 0.25) is 0 Å². The molecule has 126 valence electrons. The zero-order valence-electron chi connectivity index (χ0n) is 8.79. The summed E-state index contributed by atoms with van der Waals surface area (Å²) < 4.78 is 149. The minimum absolute atomic E-state index is 3.78. The monoisotopic (exact) mass is 398 g/mol. The molecule has 0 aromatic carbocycles. The third-order valence-electron chi connectivity index (χ3n) is 2.19. The van der Waals surface area contributed by atoms with Crippen molar-refractivity contribution in [3.8, 4) is 0 Å². The minimum Gasteiger partial charge on any atom is -0.208 e. The van der Waals surface area contributed by atoms with Crippen molar-refractivity contribution in [2.24, 2.45) is 0 Å². The molecule has 0 heterocycles. The van der Waals surface area contributed by atoms with Crippen molar-refractivity contribution in [1.82, 2.24) is 0 Å². The van der Waals surface area contributed by atoms with Gasteiger partial charge in [-0.25, -0.2) is 4.39 Å². The predicted molar refractivity (Wildman–Crippen MR) is 48.7 cm³/mol. The van der Waals surface area contributed by atoms with E-state index < -0.39 is 41.8 Å². The molecule has 0 aromatic rings. The molecule has 0 fully saturated rings. The van der Waals surface area contributed by atoms with Crippen LogP contribution in [0.1, 0.15) is 0 Å². The summed E-state index contributed by atoms with van der Waals surface area (Å²) in [7, 11) is 0. The maximum Gasteiger partial charge on any atom is 0.412 e. The molecule has 0 amide bonds. The van der Waals surface area contributed by atoms with E-state index >= 15 is 0 Å². The lowest BCUT2D eigenvalue weighted by molar-refractivity contribution is -0.356. The van der Waals surface area contributed by atoms with E-state index in [1.807, 2.05) is 0 Å². The highest BCUT2D eigenvalue weighted by Gasteiger charge is 2.93. The summed E-state index contributed by atoms with van der Waals surface area (Å²) >= 11 is 8.58. The molecule has 0 aromatic heterocycles. The molecule has 21 heavy (non-hydrogen) atoms. The van der Waals surface area contributed by atoms with Gasteiger partial charge in [-0.15, -0.1) is 22.2 Å². The highest BCUT2D eigenvalue weighted by molar-refractivity contribution is 7.49. The second-order valence-corrected chi connectivity index (χ2v) is 9.71. The molecule has 0 aliphatic carbocycles. The molecule has 15 heteroatoms. The number of alkyl halides is 9. The molecule has 0 rings (SSSR count). The van der Waals surface area contributed by atoms with Crippen LogP contribution in [0.15, 0.2) is 11.5 Å². The van der Waals surface area contributed by atoms with Gasteiger partial charge < -0.3 is 0 Å². The van der Waals surface area contributed by atoms with Crippen LogP contribution >= 0.6 is 22.2 Å². The summed E-state index contributed by atoms with van der Waals surface area (Å²) in [6.07, 6.45) is -25.9. The lowest BCUT2D eigenvalue weighted by atomic mass is 10.1. The number of halogens is 14. The van der Waals surface area contributed by atoms with Gasteiger partial charge in [0, 0.05) is 0 Å². The van der Waals surface area contributed by atoms with Crippen LogP contribution in [-0.4, -0.2) is 25.2 Å². The molecular formula is C6Cl2F12Si. The molecule has 0 saturated heterocycles. The molecule has 0 aliphatic rings.